The zero-order chi connectivity index (χ0) is 29.9. The monoisotopic (exact) mass is 754 g/mol. The number of rotatable bonds is 4. The quantitative estimate of drug-likeness (QED) is 0.170. The molecule has 0 spiro atoms. The Balaban J connectivity index is 0.000000172. The van der Waals surface area contributed by atoms with E-state index >= 15 is 0 Å². The van der Waals surface area contributed by atoms with E-state index in [2.05, 4.69) is 78.6 Å². The summed E-state index contributed by atoms with van der Waals surface area (Å²) in [6.07, 6.45) is 5.74. The molecule has 6 nitrogen and oxygen atoms in total. The van der Waals surface area contributed by atoms with E-state index in [1.807, 2.05) is 103 Å². The predicted molar refractivity (Wildman–Crippen MR) is 174 cm³/mol. The summed E-state index contributed by atoms with van der Waals surface area (Å²) in [6, 6.07) is 34.9. The summed E-state index contributed by atoms with van der Waals surface area (Å²) in [6.45, 7) is 10.5. The van der Waals surface area contributed by atoms with Crippen LogP contribution in [-0.2, 0) is 20.1 Å². The molecule has 0 N–H and O–H groups in total. The van der Waals surface area contributed by atoms with Crippen LogP contribution in [0.3, 0.4) is 0 Å². The van der Waals surface area contributed by atoms with E-state index in [1.165, 1.54) is 27.9 Å². The first-order chi connectivity index (χ1) is 20.9. The minimum atomic E-state index is 0. The Labute approximate surface area is 273 Å². The van der Waals surface area contributed by atoms with E-state index in [-0.39, 0.29) is 20.1 Å². The molecule has 1 aliphatic heterocycles. The number of anilines is 3. The van der Waals surface area contributed by atoms with Gasteiger partial charge in [0, 0.05) is 23.6 Å². The van der Waals surface area contributed by atoms with Gasteiger partial charge in [-0.1, -0.05) is 42.0 Å². The Morgan fingerprint density at radius 3 is 2.16 bits per heavy atom. The maximum absolute atomic E-state index is 4.81. The molecule has 7 heteroatoms. The van der Waals surface area contributed by atoms with Crippen LogP contribution in [0.4, 0.5) is 17.2 Å². The van der Waals surface area contributed by atoms with Crippen LogP contribution in [0.5, 0.6) is 0 Å². The summed E-state index contributed by atoms with van der Waals surface area (Å²) in [7, 11) is 2.00. The average Bonchev–Trinajstić information content (AvgIpc) is 3.63. The number of nitrogens with zero attached hydrogens (tertiary/aromatic N) is 6. The molecule has 0 radical (unpaired) electrons. The number of fused-ring (bicyclic) bond motifs is 1. The SMILES string of the molecule is Cc1cc(C)c(-n2ccnc2-c2[c-]cccc2)c(C)c1.Cc1ccccc1-c1ncc2c(n1)N(c1[c-]cccc1)[CH-]N2C.[Ir+3]. The molecule has 0 aliphatic carbocycles. The maximum atomic E-state index is 4.81. The molecular weight excluding hydrogens is 721 g/mol. The topological polar surface area (TPSA) is 50.1 Å². The fourth-order valence-corrected chi connectivity index (χ4v) is 5.51. The van der Waals surface area contributed by atoms with E-state index in [1.54, 1.807) is 0 Å². The second kappa shape index (κ2) is 13.4. The average molecular weight is 754 g/mol. The zero-order valence-corrected chi connectivity index (χ0v) is 27.8. The first-order valence-corrected chi connectivity index (χ1v) is 14.3. The van der Waals surface area contributed by atoms with Crippen LogP contribution < -0.4 is 9.80 Å². The van der Waals surface area contributed by atoms with Gasteiger partial charge < -0.3 is 14.4 Å². The zero-order valence-electron chi connectivity index (χ0n) is 25.4. The van der Waals surface area contributed by atoms with E-state index in [0.717, 1.165) is 40.0 Å². The third kappa shape index (κ3) is 6.21. The second-order valence-corrected chi connectivity index (χ2v) is 10.7. The standard InChI is InChI=1S/C19H16N4.C18H17N2.Ir/c1-14-8-6-7-11-16(14)18-20-12-17-19(21-18)23(13-22(17)2)15-9-4-3-5-10-15;1-13-11-14(2)17(15(3)12-13)20-10-9-19-18(20)16-7-5-4-6-8-16;/h3-9,11-13H,1-2H3;4-7,9-12H,1-3H3;/q-2;-1;+3. The molecule has 220 valence electrons. The maximum Gasteiger partial charge on any atom is 3.00 e. The first kappa shape index (κ1) is 30.9. The van der Waals surface area contributed by atoms with Gasteiger partial charge in [0.1, 0.15) is 5.82 Å². The minimum absolute atomic E-state index is 0. The van der Waals surface area contributed by atoms with Crippen LogP contribution in [0, 0.1) is 46.5 Å². The van der Waals surface area contributed by atoms with Crippen molar-refractivity contribution in [1.82, 2.24) is 19.5 Å². The van der Waals surface area contributed by atoms with Crippen molar-refractivity contribution in [3.8, 4) is 28.5 Å². The van der Waals surface area contributed by atoms with Crippen molar-refractivity contribution in [2.75, 3.05) is 16.8 Å². The molecule has 3 heterocycles. The normalized spacial score (nSPS) is 11.8. The number of hydrogen-bond acceptors (Lipinski definition) is 5. The van der Waals surface area contributed by atoms with E-state index < -0.39 is 0 Å². The molecule has 0 amide bonds. The molecule has 0 atom stereocenters. The van der Waals surface area contributed by atoms with E-state index in [0.29, 0.717) is 0 Å². The fraction of sp³-hybridized carbons (Fsp3) is 0.135. The number of aromatic nitrogens is 4. The van der Waals surface area contributed by atoms with Crippen molar-refractivity contribution in [3.63, 3.8) is 0 Å². The summed E-state index contributed by atoms with van der Waals surface area (Å²) in [5, 5.41) is 0. The molecule has 6 aromatic rings. The van der Waals surface area contributed by atoms with Crippen LogP contribution in [0.1, 0.15) is 22.3 Å². The fourth-order valence-electron chi connectivity index (χ4n) is 5.51. The number of para-hydroxylation sites is 1. The van der Waals surface area contributed by atoms with Gasteiger partial charge >= 0.3 is 20.1 Å². The predicted octanol–water partition coefficient (Wildman–Crippen LogP) is 8.22. The van der Waals surface area contributed by atoms with Gasteiger partial charge in [-0.05, 0) is 51.4 Å². The molecule has 7 rings (SSSR count). The molecule has 0 fully saturated rings. The summed E-state index contributed by atoms with van der Waals surface area (Å²) in [4.78, 5) is 17.9. The number of benzene rings is 4. The van der Waals surface area contributed by atoms with Crippen molar-refractivity contribution in [2.45, 2.75) is 27.7 Å². The van der Waals surface area contributed by atoms with Crippen LogP contribution >= 0.6 is 0 Å². The molecule has 4 aromatic carbocycles. The van der Waals surface area contributed by atoms with Gasteiger partial charge in [-0.25, -0.2) is 9.97 Å². The molecule has 0 unspecified atom stereocenters. The van der Waals surface area contributed by atoms with Crippen molar-refractivity contribution in [2.24, 2.45) is 0 Å². The van der Waals surface area contributed by atoms with Crippen molar-refractivity contribution >= 4 is 17.2 Å². The Bertz CT molecular complexity index is 1840. The second-order valence-electron chi connectivity index (χ2n) is 10.7. The molecule has 2 aromatic heterocycles. The van der Waals surface area contributed by atoms with E-state index in [9.17, 15) is 0 Å². The van der Waals surface area contributed by atoms with Crippen molar-refractivity contribution in [1.29, 1.82) is 0 Å². The van der Waals surface area contributed by atoms with Crippen LogP contribution in [-0.4, -0.2) is 26.6 Å². The molecule has 0 saturated carbocycles. The first-order valence-electron chi connectivity index (χ1n) is 14.3. The number of imidazole rings is 1. The Kier molecular flexibility index (Phi) is 9.38. The Hall–Kier alpha value is -4.58. The molecule has 0 saturated heterocycles. The third-order valence-electron chi connectivity index (χ3n) is 7.45. The minimum Gasteiger partial charge on any atom is -0.501 e. The van der Waals surface area contributed by atoms with Gasteiger partial charge in [-0.3, -0.25) is 4.98 Å². The molecular formula is C37H33IrN6. The molecule has 44 heavy (non-hydrogen) atoms. The van der Waals surface area contributed by atoms with Crippen molar-refractivity contribution < 1.29 is 20.1 Å². The van der Waals surface area contributed by atoms with Gasteiger partial charge in [0.25, 0.3) is 0 Å². The summed E-state index contributed by atoms with van der Waals surface area (Å²) in [5.74, 6) is 2.55. The van der Waals surface area contributed by atoms with Crippen LogP contribution in [0.15, 0.2) is 104 Å². The van der Waals surface area contributed by atoms with Crippen LogP contribution in [0.2, 0.25) is 0 Å². The molecule has 0 bridgehead atoms. The summed E-state index contributed by atoms with van der Waals surface area (Å²) >= 11 is 0. The third-order valence-corrected chi connectivity index (χ3v) is 7.45. The van der Waals surface area contributed by atoms with Gasteiger partial charge in [-0.15, -0.1) is 41.6 Å². The van der Waals surface area contributed by atoms with E-state index in [4.69, 9.17) is 4.98 Å². The summed E-state index contributed by atoms with van der Waals surface area (Å²) < 4.78 is 2.15. The summed E-state index contributed by atoms with van der Waals surface area (Å²) in [5.41, 5.74) is 10.2. The van der Waals surface area contributed by atoms with Gasteiger partial charge in [0.05, 0.1) is 17.7 Å². The van der Waals surface area contributed by atoms with Gasteiger partial charge in [0.2, 0.25) is 0 Å². The van der Waals surface area contributed by atoms with Gasteiger partial charge in [-0.2, -0.15) is 37.0 Å². The largest absolute Gasteiger partial charge is 3.00 e. The Morgan fingerprint density at radius 2 is 1.48 bits per heavy atom. The van der Waals surface area contributed by atoms with Gasteiger partial charge in [0.15, 0.2) is 5.82 Å². The smallest absolute Gasteiger partial charge is 0.501 e. The molecule has 1 aliphatic rings. The number of aryl methyl sites for hydroxylation is 4. The number of hydrogen-bond donors (Lipinski definition) is 0. The van der Waals surface area contributed by atoms with Crippen LogP contribution in [0.25, 0.3) is 28.5 Å². The Morgan fingerprint density at radius 1 is 0.773 bits per heavy atom. The van der Waals surface area contributed by atoms with Crippen molar-refractivity contribution in [3.05, 3.63) is 145 Å².